The maximum Gasteiger partial charge on any atom is 0.203 e. The van der Waals surface area contributed by atoms with E-state index in [2.05, 4.69) is 0 Å². The minimum atomic E-state index is -0.365. The van der Waals surface area contributed by atoms with Gasteiger partial charge in [0.2, 0.25) is 5.75 Å². The molecule has 21 heavy (non-hydrogen) atoms. The number of aryl methyl sites for hydroxylation is 1. The zero-order valence-corrected chi connectivity index (χ0v) is 14.5. The van der Waals surface area contributed by atoms with Gasteiger partial charge in [0, 0.05) is 10.4 Å². The largest absolute Gasteiger partial charge is 0.493 e. The second-order valence-corrected chi connectivity index (χ2v) is 6.51. The van der Waals surface area contributed by atoms with Crippen molar-refractivity contribution in [2.45, 2.75) is 12.3 Å². The summed E-state index contributed by atoms with van der Waals surface area (Å²) in [4.78, 5) is 0.963. The Bertz CT molecular complexity index is 621. The molecule has 1 heterocycles. The third kappa shape index (κ3) is 3.07. The van der Waals surface area contributed by atoms with Crippen LogP contribution in [0.4, 0.5) is 0 Å². The summed E-state index contributed by atoms with van der Waals surface area (Å²) in [6, 6.07) is 5.68. The Morgan fingerprint density at radius 1 is 1.05 bits per heavy atom. The lowest BCUT2D eigenvalue weighted by Gasteiger charge is -2.18. The summed E-state index contributed by atoms with van der Waals surface area (Å²) in [7, 11) is 4.73. The Morgan fingerprint density at radius 2 is 1.71 bits per heavy atom. The molecule has 1 unspecified atom stereocenters. The Hall–Kier alpha value is -1.10. The maximum atomic E-state index is 6.60. The van der Waals surface area contributed by atoms with Gasteiger partial charge in [0.05, 0.1) is 31.0 Å². The van der Waals surface area contributed by atoms with Gasteiger partial charge < -0.3 is 14.2 Å². The molecule has 0 amide bonds. The van der Waals surface area contributed by atoms with Crippen molar-refractivity contribution in [3.63, 3.8) is 0 Å². The molecule has 1 atom stereocenters. The predicted molar refractivity (Wildman–Crippen MR) is 87.9 cm³/mol. The summed E-state index contributed by atoms with van der Waals surface area (Å²) in [6.45, 7) is 1.96. The lowest BCUT2D eigenvalue weighted by atomic mass is 10.1. The number of halogens is 2. The van der Waals surface area contributed by atoms with Gasteiger partial charge in [-0.25, -0.2) is 0 Å². The summed E-state index contributed by atoms with van der Waals surface area (Å²) < 4.78 is 16.9. The van der Waals surface area contributed by atoms with Crippen molar-refractivity contribution in [1.82, 2.24) is 0 Å². The number of hydrogen-bond donors (Lipinski definition) is 0. The van der Waals surface area contributed by atoms with Crippen LogP contribution in [0, 0.1) is 6.92 Å². The number of alkyl halides is 1. The van der Waals surface area contributed by atoms with Crippen molar-refractivity contribution < 1.29 is 14.2 Å². The fourth-order valence-electron chi connectivity index (χ4n) is 2.09. The van der Waals surface area contributed by atoms with Gasteiger partial charge >= 0.3 is 0 Å². The molecule has 0 saturated carbocycles. The van der Waals surface area contributed by atoms with E-state index in [1.165, 1.54) is 11.3 Å². The molecule has 2 aromatic rings. The molecule has 1 aromatic heterocycles. The van der Waals surface area contributed by atoms with Crippen molar-refractivity contribution in [2.24, 2.45) is 0 Å². The molecule has 6 heteroatoms. The first-order chi connectivity index (χ1) is 10.0. The SMILES string of the molecule is COc1ccc(C(Cl)c2cc(C)c(Cl)s2)c(OC)c1OC. The van der Waals surface area contributed by atoms with Gasteiger partial charge in [-0.3, -0.25) is 0 Å². The third-order valence-corrected chi connectivity index (χ3v) is 5.35. The van der Waals surface area contributed by atoms with Gasteiger partial charge in [-0.1, -0.05) is 11.6 Å². The van der Waals surface area contributed by atoms with Gasteiger partial charge in [-0.2, -0.15) is 0 Å². The molecule has 0 saturated heterocycles. The summed E-state index contributed by atoms with van der Waals surface area (Å²) in [6.07, 6.45) is 0. The van der Waals surface area contributed by atoms with E-state index in [1.807, 2.05) is 25.1 Å². The van der Waals surface area contributed by atoms with E-state index in [4.69, 9.17) is 37.4 Å². The zero-order valence-electron chi connectivity index (χ0n) is 12.2. The molecule has 0 aliphatic carbocycles. The van der Waals surface area contributed by atoms with Crippen LogP contribution in [0.3, 0.4) is 0 Å². The molecule has 0 aliphatic heterocycles. The molecule has 0 bridgehead atoms. The average molecular weight is 347 g/mol. The van der Waals surface area contributed by atoms with Crippen LogP contribution in [-0.4, -0.2) is 21.3 Å². The van der Waals surface area contributed by atoms with Crippen LogP contribution in [0.15, 0.2) is 18.2 Å². The Labute approximate surface area is 138 Å². The van der Waals surface area contributed by atoms with Crippen molar-refractivity contribution in [1.29, 1.82) is 0 Å². The van der Waals surface area contributed by atoms with Crippen LogP contribution in [0.1, 0.15) is 21.4 Å². The Kier molecular flexibility index (Phi) is 5.25. The van der Waals surface area contributed by atoms with Crippen LogP contribution in [0.25, 0.3) is 0 Å². The number of hydrogen-bond acceptors (Lipinski definition) is 4. The van der Waals surface area contributed by atoms with Gasteiger partial charge in [0.25, 0.3) is 0 Å². The number of thiophene rings is 1. The minimum absolute atomic E-state index is 0.365. The molecule has 1 aromatic carbocycles. The van der Waals surface area contributed by atoms with Crippen molar-refractivity contribution in [3.05, 3.63) is 38.5 Å². The normalized spacial score (nSPS) is 12.1. The van der Waals surface area contributed by atoms with Crippen LogP contribution >= 0.6 is 34.5 Å². The van der Waals surface area contributed by atoms with E-state index in [0.29, 0.717) is 17.2 Å². The molecule has 0 fully saturated rings. The highest BCUT2D eigenvalue weighted by molar-refractivity contribution is 7.16. The summed E-state index contributed by atoms with van der Waals surface area (Å²) >= 11 is 14.2. The third-order valence-electron chi connectivity index (χ3n) is 3.13. The first kappa shape index (κ1) is 16.3. The minimum Gasteiger partial charge on any atom is -0.493 e. The van der Waals surface area contributed by atoms with Gasteiger partial charge in [0.15, 0.2) is 11.5 Å². The van der Waals surface area contributed by atoms with Crippen LogP contribution in [-0.2, 0) is 0 Å². The number of ether oxygens (including phenoxy) is 3. The molecular weight excluding hydrogens is 331 g/mol. The molecule has 0 N–H and O–H groups in total. The van der Waals surface area contributed by atoms with E-state index in [-0.39, 0.29) is 5.38 Å². The fraction of sp³-hybridized carbons (Fsp3) is 0.333. The fourth-order valence-corrected chi connectivity index (χ4v) is 3.67. The maximum absolute atomic E-state index is 6.60. The zero-order chi connectivity index (χ0) is 15.6. The van der Waals surface area contributed by atoms with E-state index in [9.17, 15) is 0 Å². The topological polar surface area (TPSA) is 27.7 Å². The highest BCUT2D eigenvalue weighted by Crippen LogP contribution is 2.47. The molecule has 2 rings (SSSR count). The smallest absolute Gasteiger partial charge is 0.203 e. The summed E-state index contributed by atoms with van der Waals surface area (Å²) in [5.74, 6) is 1.70. The lowest BCUT2D eigenvalue weighted by Crippen LogP contribution is -2.00. The Balaban J connectivity index is 2.52. The van der Waals surface area contributed by atoms with Crippen LogP contribution < -0.4 is 14.2 Å². The summed E-state index contributed by atoms with van der Waals surface area (Å²) in [5.41, 5.74) is 1.83. The highest BCUT2D eigenvalue weighted by atomic mass is 35.5. The second kappa shape index (κ2) is 6.77. The molecule has 0 aliphatic rings. The highest BCUT2D eigenvalue weighted by Gasteiger charge is 2.23. The van der Waals surface area contributed by atoms with Gasteiger partial charge in [0.1, 0.15) is 0 Å². The Morgan fingerprint density at radius 3 is 2.19 bits per heavy atom. The second-order valence-electron chi connectivity index (χ2n) is 4.39. The standard InChI is InChI=1S/C15H16Cl2O3S/c1-8-7-11(21-15(8)17)12(16)9-5-6-10(18-2)14(20-4)13(9)19-3/h5-7,12H,1-4H3. The monoisotopic (exact) mass is 346 g/mol. The summed E-state index contributed by atoms with van der Waals surface area (Å²) in [5, 5.41) is -0.365. The molecule has 0 spiro atoms. The van der Waals surface area contributed by atoms with Crippen molar-refractivity contribution >= 4 is 34.5 Å². The van der Waals surface area contributed by atoms with Crippen LogP contribution in [0.2, 0.25) is 4.34 Å². The molecule has 114 valence electrons. The van der Waals surface area contributed by atoms with Crippen molar-refractivity contribution in [2.75, 3.05) is 21.3 Å². The molecule has 0 radical (unpaired) electrons. The van der Waals surface area contributed by atoms with Crippen LogP contribution in [0.5, 0.6) is 17.2 Å². The number of benzene rings is 1. The van der Waals surface area contributed by atoms with Gasteiger partial charge in [-0.05, 0) is 30.7 Å². The number of methoxy groups -OCH3 is 3. The van der Waals surface area contributed by atoms with E-state index < -0.39 is 0 Å². The first-order valence-corrected chi connectivity index (χ1v) is 7.85. The quantitative estimate of drug-likeness (QED) is 0.707. The average Bonchev–Trinajstić information content (AvgIpc) is 2.84. The first-order valence-electron chi connectivity index (χ1n) is 6.22. The van der Waals surface area contributed by atoms with Gasteiger partial charge in [-0.15, -0.1) is 22.9 Å². The van der Waals surface area contributed by atoms with E-state index in [0.717, 1.165) is 20.3 Å². The predicted octanol–water partition coefficient (Wildman–Crippen LogP) is 5.06. The molecular formula is C15H16Cl2O3S. The van der Waals surface area contributed by atoms with E-state index in [1.54, 1.807) is 21.3 Å². The van der Waals surface area contributed by atoms with E-state index >= 15 is 0 Å². The molecule has 3 nitrogen and oxygen atoms in total. The lowest BCUT2D eigenvalue weighted by molar-refractivity contribution is 0.322. The number of rotatable bonds is 5. The van der Waals surface area contributed by atoms with Crippen molar-refractivity contribution in [3.8, 4) is 17.2 Å².